The van der Waals surface area contributed by atoms with Crippen LogP contribution >= 0.6 is 0 Å². The Hall–Kier alpha value is -3.68. The van der Waals surface area contributed by atoms with Gasteiger partial charge < -0.3 is 9.47 Å². The van der Waals surface area contributed by atoms with E-state index in [1.54, 1.807) is 25.3 Å². The van der Waals surface area contributed by atoms with Crippen LogP contribution in [0.4, 0.5) is 0 Å². The van der Waals surface area contributed by atoms with Gasteiger partial charge >= 0.3 is 0 Å². The number of rotatable bonds is 8. The van der Waals surface area contributed by atoms with Crippen molar-refractivity contribution in [3.05, 3.63) is 60.7 Å². The first-order valence-corrected chi connectivity index (χ1v) is 8.23. The van der Waals surface area contributed by atoms with Gasteiger partial charge in [0.2, 0.25) is 0 Å². The molecule has 0 saturated carbocycles. The summed E-state index contributed by atoms with van der Waals surface area (Å²) in [7, 11) is 1.56. The second-order valence-corrected chi connectivity index (χ2v) is 5.54. The SMILES string of the molecule is C=CCOc1ccc(/C=N\NC(=O)Cn2nnc3ccccc32)cc1OC. The molecule has 1 amide bonds. The molecule has 0 aliphatic carbocycles. The fourth-order valence-corrected chi connectivity index (χ4v) is 2.42. The predicted molar refractivity (Wildman–Crippen MR) is 102 cm³/mol. The van der Waals surface area contributed by atoms with Crippen molar-refractivity contribution in [2.45, 2.75) is 6.54 Å². The molecule has 3 rings (SSSR count). The first-order chi connectivity index (χ1) is 13.2. The highest BCUT2D eigenvalue weighted by molar-refractivity contribution is 5.84. The number of nitrogens with zero attached hydrogens (tertiary/aromatic N) is 4. The van der Waals surface area contributed by atoms with Crippen LogP contribution in [0.25, 0.3) is 11.0 Å². The van der Waals surface area contributed by atoms with E-state index in [-0.39, 0.29) is 12.5 Å². The molecule has 1 N–H and O–H groups in total. The number of carbonyl (C=O) groups is 1. The Bertz CT molecular complexity index is 980. The summed E-state index contributed by atoms with van der Waals surface area (Å²) in [5.74, 6) is 0.873. The van der Waals surface area contributed by atoms with Crippen molar-refractivity contribution in [3.8, 4) is 11.5 Å². The van der Waals surface area contributed by atoms with Crippen LogP contribution in [0.3, 0.4) is 0 Å². The zero-order chi connectivity index (χ0) is 19.1. The molecule has 138 valence electrons. The second-order valence-electron chi connectivity index (χ2n) is 5.54. The number of ether oxygens (including phenoxy) is 2. The molecule has 0 bridgehead atoms. The number of methoxy groups -OCH3 is 1. The molecule has 0 unspecified atom stereocenters. The van der Waals surface area contributed by atoms with Gasteiger partial charge in [0, 0.05) is 0 Å². The first-order valence-electron chi connectivity index (χ1n) is 8.23. The predicted octanol–water partition coefficient (Wildman–Crippen LogP) is 2.16. The average molecular weight is 365 g/mol. The molecule has 1 aromatic heterocycles. The number of nitrogens with one attached hydrogen (secondary N) is 1. The number of carbonyl (C=O) groups excluding carboxylic acids is 1. The number of aromatic nitrogens is 3. The molecule has 0 saturated heterocycles. The Balaban J connectivity index is 1.61. The Morgan fingerprint density at radius 2 is 2.15 bits per heavy atom. The van der Waals surface area contributed by atoms with E-state index in [1.165, 1.54) is 10.9 Å². The van der Waals surface area contributed by atoms with Crippen molar-refractivity contribution in [2.75, 3.05) is 13.7 Å². The number of hydrogen-bond acceptors (Lipinski definition) is 6. The third kappa shape index (κ3) is 4.49. The minimum absolute atomic E-state index is 0.0233. The van der Waals surface area contributed by atoms with Gasteiger partial charge in [0.05, 0.1) is 18.8 Å². The number of amides is 1. The highest BCUT2D eigenvalue weighted by Gasteiger charge is 2.08. The highest BCUT2D eigenvalue weighted by Crippen LogP contribution is 2.27. The summed E-state index contributed by atoms with van der Waals surface area (Å²) in [4.78, 5) is 12.1. The lowest BCUT2D eigenvalue weighted by atomic mass is 10.2. The van der Waals surface area contributed by atoms with Gasteiger partial charge in [-0.1, -0.05) is 30.0 Å². The monoisotopic (exact) mass is 365 g/mol. The van der Waals surface area contributed by atoms with E-state index in [1.807, 2.05) is 30.3 Å². The summed E-state index contributed by atoms with van der Waals surface area (Å²) in [6.07, 6.45) is 3.18. The molecular formula is C19H19N5O3. The minimum Gasteiger partial charge on any atom is -0.493 e. The summed E-state index contributed by atoms with van der Waals surface area (Å²) in [6.45, 7) is 4.02. The van der Waals surface area contributed by atoms with E-state index >= 15 is 0 Å². The maximum absolute atomic E-state index is 12.1. The van der Waals surface area contributed by atoms with E-state index in [0.717, 1.165) is 16.6 Å². The van der Waals surface area contributed by atoms with Crippen LogP contribution in [0.2, 0.25) is 0 Å². The fourth-order valence-electron chi connectivity index (χ4n) is 2.42. The Morgan fingerprint density at radius 3 is 2.96 bits per heavy atom. The fraction of sp³-hybridized carbons (Fsp3) is 0.158. The zero-order valence-electron chi connectivity index (χ0n) is 14.8. The Labute approximate surface area is 156 Å². The summed E-state index contributed by atoms with van der Waals surface area (Å²) >= 11 is 0. The summed E-state index contributed by atoms with van der Waals surface area (Å²) < 4.78 is 12.3. The Morgan fingerprint density at radius 1 is 1.30 bits per heavy atom. The van der Waals surface area contributed by atoms with Crippen LogP contribution in [0, 0.1) is 0 Å². The maximum atomic E-state index is 12.1. The van der Waals surface area contributed by atoms with Crippen molar-refractivity contribution < 1.29 is 14.3 Å². The number of fused-ring (bicyclic) bond motifs is 1. The largest absolute Gasteiger partial charge is 0.493 e. The minimum atomic E-state index is -0.306. The molecule has 0 aliphatic heterocycles. The van der Waals surface area contributed by atoms with Crippen LogP contribution in [0.1, 0.15) is 5.56 Å². The lowest BCUT2D eigenvalue weighted by molar-refractivity contribution is -0.121. The third-order valence-electron chi connectivity index (χ3n) is 3.66. The lowest BCUT2D eigenvalue weighted by Crippen LogP contribution is -2.23. The number of hydrogen-bond donors (Lipinski definition) is 1. The molecule has 8 heteroatoms. The number of benzene rings is 2. The maximum Gasteiger partial charge on any atom is 0.261 e. The molecule has 0 aliphatic rings. The second kappa shape index (κ2) is 8.61. The quantitative estimate of drug-likeness (QED) is 0.375. The van der Waals surface area contributed by atoms with Crippen LogP contribution in [0.5, 0.6) is 11.5 Å². The van der Waals surface area contributed by atoms with Gasteiger partial charge in [0.1, 0.15) is 18.7 Å². The van der Waals surface area contributed by atoms with Crippen molar-refractivity contribution in [1.82, 2.24) is 20.4 Å². The molecule has 8 nitrogen and oxygen atoms in total. The van der Waals surface area contributed by atoms with Gasteiger partial charge in [-0.2, -0.15) is 5.10 Å². The first kappa shape index (κ1) is 18.1. The number of para-hydroxylation sites is 1. The molecule has 0 atom stereocenters. The van der Waals surface area contributed by atoms with Crippen molar-refractivity contribution in [1.29, 1.82) is 0 Å². The molecule has 0 spiro atoms. The number of hydrazone groups is 1. The van der Waals surface area contributed by atoms with Crippen LogP contribution in [-0.4, -0.2) is 40.8 Å². The van der Waals surface area contributed by atoms with E-state index in [9.17, 15) is 4.79 Å². The molecule has 0 fully saturated rings. The van der Waals surface area contributed by atoms with Crippen molar-refractivity contribution >= 4 is 23.2 Å². The summed E-state index contributed by atoms with van der Waals surface area (Å²) in [5.41, 5.74) is 4.76. The molecule has 1 heterocycles. The molecule has 0 radical (unpaired) electrons. The van der Waals surface area contributed by atoms with Crippen LogP contribution < -0.4 is 14.9 Å². The molecule has 2 aromatic carbocycles. The van der Waals surface area contributed by atoms with Crippen LogP contribution in [-0.2, 0) is 11.3 Å². The Kier molecular flexibility index (Phi) is 5.78. The van der Waals surface area contributed by atoms with Gasteiger partial charge in [-0.15, -0.1) is 5.10 Å². The smallest absolute Gasteiger partial charge is 0.261 e. The van der Waals surface area contributed by atoms with Crippen molar-refractivity contribution in [3.63, 3.8) is 0 Å². The molecule has 27 heavy (non-hydrogen) atoms. The van der Waals surface area contributed by atoms with E-state index in [2.05, 4.69) is 27.4 Å². The van der Waals surface area contributed by atoms with Gasteiger partial charge in [-0.25, -0.2) is 10.1 Å². The summed E-state index contributed by atoms with van der Waals surface area (Å²) in [5, 5.41) is 12.0. The van der Waals surface area contributed by atoms with E-state index < -0.39 is 0 Å². The van der Waals surface area contributed by atoms with Gasteiger partial charge in [-0.3, -0.25) is 4.79 Å². The normalized spacial score (nSPS) is 10.9. The molecular weight excluding hydrogens is 346 g/mol. The average Bonchev–Trinajstić information content (AvgIpc) is 3.09. The third-order valence-corrected chi connectivity index (χ3v) is 3.66. The summed E-state index contributed by atoms with van der Waals surface area (Å²) in [6, 6.07) is 12.8. The van der Waals surface area contributed by atoms with E-state index in [0.29, 0.717) is 18.1 Å². The van der Waals surface area contributed by atoms with Crippen molar-refractivity contribution in [2.24, 2.45) is 5.10 Å². The van der Waals surface area contributed by atoms with Gasteiger partial charge in [0.15, 0.2) is 11.5 Å². The van der Waals surface area contributed by atoms with Gasteiger partial charge in [-0.05, 0) is 35.9 Å². The van der Waals surface area contributed by atoms with Crippen LogP contribution in [0.15, 0.2) is 60.2 Å². The lowest BCUT2D eigenvalue weighted by Gasteiger charge is -2.09. The topological polar surface area (TPSA) is 90.6 Å². The van der Waals surface area contributed by atoms with Gasteiger partial charge in [0.25, 0.3) is 5.91 Å². The van der Waals surface area contributed by atoms with E-state index in [4.69, 9.17) is 9.47 Å². The zero-order valence-corrected chi connectivity index (χ0v) is 14.8. The standard InChI is InChI=1S/C19H19N5O3/c1-3-10-27-17-9-8-14(11-18(17)26-2)12-20-22-19(25)13-24-16-7-5-4-6-15(16)21-23-24/h3-9,11-12H,1,10,13H2,2H3,(H,22,25)/b20-12-. The highest BCUT2D eigenvalue weighted by atomic mass is 16.5. The molecule has 3 aromatic rings.